The Morgan fingerprint density at radius 2 is 1.21 bits per heavy atom. The molecule has 29 heavy (non-hydrogen) atoms. The number of nitrogens with zero attached hydrogens (tertiary/aromatic N) is 1. The fourth-order valence-corrected chi connectivity index (χ4v) is 3.75. The second-order valence-electron chi connectivity index (χ2n) is 6.87. The van der Waals surface area contributed by atoms with E-state index in [-0.39, 0.29) is 18.4 Å². The van der Waals surface area contributed by atoms with Gasteiger partial charge in [-0.1, -0.05) is 66.0 Å². The summed E-state index contributed by atoms with van der Waals surface area (Å²) in [6, 6.07) is 22.0. The van der Waals surface area contributed by atoms with Crippen LogP contribution in [0, 0.1) is 0 Å². The first-order chi connectivity index (χ1) is 13.8. The van der Waals surface area contributed by atoms with E-state index >= 15 is 0 Å². The van der Waals surface area contributed by atoms with E-state index in [2.05, 4.69) is 6.92 Å². The van der Waals surface area contributed by atoms with Crippen LogP contribution >= 0.6 is 34.8 Å². The number of carbonyl (C=O) groups is 1. The van der Waals surface area contributed by atoms with Gasteiger partial charge in [-0.15, -0.1) is 0 Å². The number of anilines is 1. The molecule has 0 radical (unpaired) electrons. The Morgan fingerprint density at radius 1 is 0.793 bits per heavy atom. The van der Waals surface area contributed by atoms with E-state index in [4.69, 9.17) is 34.8 Å². The highest BCUT2D eigenvalue weighted by molar-refractivity contribution is 6.31. The number of hydrogen-bond donors (Lipinski definition) is 1. The first kappa shape index (κ1) is 21.5. The molecule has 3 nitrogen and oxygen atoms in total. The second kappa shape index (κ2) is 9.53. The van der Waals surface area contributed by atoms with Gasteiger partial charge >= 0.3 is 6.09 Å². The third-order valence-electron chi connectivity index (χ3n) is 5.05. The Hall–Kier alpha value is -2.20. The van der Waals surface area contributed by atoms with Crippen LogP contribution in [0.2, 0.25) is 15.1 Å². The van der Waals surface area contributed by atoms with Crippen molar-refractivity contribution in [1.82, 2.24) is 0 Å². The fraction of sp³-hybridized carbons (Fsp3) is 0.174. The van der Waals surface area contributed by atoms with E-state index in [1.54, 1.807) is 24.3 Å². The maximum atomic E-state index is 12.1. The summed E-state index contributed by atoms with van der Waals surface area (Å²) in [4.78, 5) is 13.4. The van der Waals surface area contributed by atoms with Gasteiger partial charge in [0.15, 0.2) is 0 Å². The summed E-state index contributed by atoms with van der Waals surface area (Å²) < 4.78 is 0. The predicted octanol–water partition coefficient (Wildman–Crippen LogP) is 7.72. The number of halogens is 3. The summed E-state index contributed by atoms with van der Waals surface area (Å²) in [7, 11) is 0. The Labute approximate surface area is 185 Å². The molecule has 0 aliphatic rings. The highest BCUT2D eigenvalue weighted by Crippen LogP contribution is 2.36. The molecule has 0 aromatic heterocycles. The number of rotatable bonds is 6. The zero-order valence-electron chi connectivity index (χ0n) is 15.7. The molecule has 150 valence electrons. The van der Waals surface area contributed by atoms with Crippen molar-refractivity contribution in [1.29, 1.82) is 0 Å². The highest BCUT2D eigenvalue weighted by Gasteiger charge is 2.27. The van der Waals surface area contributed by atoms with Crippen LogP contribution in [0.3, 0.4) is 0 Å². The average Bonchev–Trinajstić information content (AvgIpc) is 2.70. The summed E-state index contributed by atoms with van der Waals surface area (Å²) in [5.41, 5.74) is 2.66. The van der Waals surface area contributed by atoms with Crippen LogP contribution < -0.4 is 4.90 Å². The smallest absolute Gasteiger partial charge is 0.411 e. The molecule has 0 aliphatic carbocycles. The van der Waals surface area contributed by atoms with Crippen LogP contribution in [0.15, 0.2) is 72.8 Å². The zero-order valence-corrected chi connectivity index (χ0v) is 18.0. The predicted molar refractivity (Wildman–Crippen MR) is 121 cm³/mol. The molecule has 3 aromatic carbocycles. The first-order valence-corrected chi connectivity index (χ1v) is 10.3. The van der Waals surface area contributed by atoms with Crippen LogP contribution in [-0.2, 0) is 0 Å². The molecule has 6 heteroatoms. The van der Waals surface area contributed by atoms with Gasteiger partial charge in [0.25, 0.3) is 0 Å². The van der Waals surface area contributed by atoms with Crippen LogP contribution in [0.25, 0.3) is 0 Å². The number of benzene rings is 3. The molecule has 0 spiro atoms. The largest absolute Gasteiger partial charge is 0.465 e. The molecule has 1 amide bonds. The van der Waals surface area contributed by atoms with Crippen molar-refractivity contribution in [3.63, 3.8) is 0 Å². The van der Waals surface area contributed by atoms with Gasteiger partial charge < -0.3 is 5.11 Å². The Kier molecular flexibility index (Phi) is 7.07. The monoisotopic (exact) mass is 447 g/mol. The van der Waals surface area contributed by atoms with Gasteiger partial charge in [0.05, 0.1) is 0 Å². The standard InChI is InChI=1S/C23H20Cl3NO2/c1-15(16-2-6-18(24)7-3-16)22(17-4-8-19(25)9-5-17)14-27(23(28)29)21-12-10-20(26)11-13-21/h2-13,15,22H,14H2,1H3,(H,28,29). The third-order valence-corrected chi connectivity index (χ3v) is 5.80. The maximum Gasteiger partial charge on any atom is 0.411 e. The summed E-state index contributed by atoms with van der Waals surface area (Å²) >= 11 is 18.1. The minimum absolute atomic E-state index is 0.0441. The lowest BCUT2D eigenvalue weighted by atomic mass is 9.82. The SMILES string of the molecule is CC(c1ccc(Cl)cc1)C(CN(C(=O)O)c1ccc(Cl)cc1)c1ccc(Cl)cc1. The average molecular weight is 449 g/mol. The maximum absolute atomic E-state index is 12.1. The minimum Gasteiger partial charge on any atom is -0.465 e. The number of carboxylic acid groups (broad SMARTS) is 1. The molecule has 0 bridgehead atoms. The molecular formula is C23H20Cl3NO2. The van der Waals surface area contributed by atoms with Gasteiger partial charge in [-0.3, -0.25) is 4.90 Å². The van der Waals surface area contributed by atoms with Crippen molar-refractivity contribution >= 4 is 46.6 Å². The molecule has 3 rings (SSSR count). The van der Waals surface area contributed by atoms with E-state index < -0.39 is 6.09 Å². The molecule has 1 N–H and O–H groups in total. The Balaban J connectivity index is 1.98. The van der Waals surface area contributed by atoms with Crippen LogP contribution in [0.4, 0.5) is 10.5 Å². The van der Waals surface area contributed by atoms with E-state index in [9.17, 15) is 9.90 Å². The molecule has 0 saturated carbocycles. The summed E-state index contributed by atoms with van der Waals surface area (Å²) in [6.07, 6.45) is -1.02. The molecule has 2 atom stereocenters. The van der Waals surface area contributed by atoms with Gasteiger partial charge in [0, 0.05) is 33.2 Å². The number of amides is 1. The topological polar surface area (TPSA) is 40.5 Å². The van der Waals surface area contributed by atoms with Crippen LogP contribution in [-0.4, -0.2) is 17.7 Å². The second-order valence-corrected chi connectivity index (χ2v) is 8.18. The van der Waals surface area contributed by atoms with Crippen molar-refractivity contribution in [2.45, 2.75) is 18.8 Å². The normalized spacial score (nSPS) is 13.0. The van der Waals surface area contributed by atoms with E-state index in [1.165, 1.54) is 4.90 Å². The molecule has 0 saturated heterocycles. The number of hydrogen-bond acceptors (Lipinski definition) is 1. The van der Waals surface area contributed by atoms with Gasteiger partial charge in [-0.2, -0.15) is 0 Å². The Morgan fingerprint density at radius 3 is 1.66 bits per heavy atom. The van der Waals surface area contributed by atoms with Gasteiger partial charge in [0.1, 0.15) is 0 Å². The van der Waals surface area contributed by atoms with Crippen molar-refractivity contribution in [2.75, 3.05) is 11.4 Å². The lowest BCUT2D eigenvalue weighted by Gasteiger charge is -2.30. The minimum atomic E-state index is -1.02. The lowest BCUT2D eigenvalue weighted by molar-refractivity contribution is 0.201. The molecular weight excluding hydrogens is 429 g/mol. The van der Waals surface area contributed by atoms with Gasteiger partial charge in [-0.25, -0.2) is 4.79 Å². The van der Waals surface area contributed by atoms with Crippen LogP contribution in [0.5, 0.6) is 0 Å². The molecule has 0 heterocycles. The fourth-order valence-electron chi connectivity index (χ4n) is 3.37. The molecule has 3 aromatic rings. The van der Waals surface area contributed by atoms with Crippen molar-refractivity contribution in [2.24, 2.45) is 0 Å². The van der Waals surface area contributed by atoms with E-state index in [0.717, 1.165) is 11.1 Å². The lowest BCUT2D eigenvalue weighted by Crippen LogP contribution is -2.35. The molecule has 2 unspecified atom stereocenters. The summed E-state index contributed by atoms with van der Waals surface area (Å²) in [5.74, 6) is -0.0530. The van der Waals surface area contributed by atoms with E-state index in [1.807, 2.05) is 48.5 Å². The highest BCUT2D eigenvalue weighted by atomic mass is 35.5. The van der Waals surface area contributed by atoms with Crippen molar-refractivity contribution in [3.05, 3.63) is 99.0 Å². The van der Waals surface area contributed by atoms with Gasteiger partial charge in [-0.05, 0) is 65.6 Å². The zero-order chi connectivity index (χ0) is 21.0. The first-order valence-electron chi connectivity index (χ1n) is 9.12. The quantitative estimate of drug-likeness (QED) is 0.419. The van der Waals surface area contributed by atoms with E-state index in [0.29, 0.717) is 20.8 Å². The molecule has 0 fully saturated rings. The van der Waals surface area contributed by atoms with Crippen LogP contribution in [0.1, 0.15) is 29.9 Å². The summed E-state index contributed by atoms with van der Waals surface area (Å²) in [6.45, 7) is 2.37. The summed E-state index contributed by atoms with van der Waals surface area (Å²) in [5, 5.41) is 11.7. The van der Waals surface area contributed by atoms with Gasteiger partial charge in [0.2, 0.25) is 0 Å². The Bertz CT molecular complexity index is 957. The molecule has 0 aliphatic heterocycles. The third kappa shape index (κ3) is 5.45. The van der Waals surface area contributed by atoms with Crippen molar-refractivity contribution in [3.8, 4) is 0 Å². The van der Waals surface area contributed by atoms with Crippen molar-refractivity contribution < 1.29 is 9.90 Å².